The summed E-state index contributed by atoms with van der Waals surface area (Å²) in [6.07, 6.45) is 1.00. The van der Waals surface area contributed by atoms with Crippen LogP contribution in [0.25, 0.3) is 0 Å². The van der Waals surface area contributed by atoms with Crippen LogP contribution >= 0.6 is 11.6 Å². The monoisotopic (exact) mass is 464 g/mol. The van der Waals surface area contributed by atoms with Crippen molar-refractivity contribution < 1.29 is 17.9 Å². The van der Waals surface area contributed by atoms with Gasteiger partial charge in [-0.15, -0.1) is 0 Å². The number of hydrogen-bond acceptors (Lipinski definition) is 4. The molecule has 2 aromatic carbocycles. The lowest BCUT2D eigenvalue weighted by Gasteiger charge is -2.26. The fourth-order valence-electron chi connectivity index (χ4n) is 3.55. The number of morpholine rings is 1. The number of nitrogens with zero attached hydrogens (tertiary/aromatic N) is 1. The molecule has 1 saturated heterocycles. The summed E-state index contributed by atoms with van der Waals surface area (Å²) in [7, 11) is -3.72. The van der Waals surface area contributed by atoms with Crippen LogP contribution < -0.4 is 5.32 Å². The Balaban J connectivity index is 1.76. The normalized spacial score (nSPS) is 16.3. The van der Waals surface area contributed by atoms with Crippen molar-refractivity contribution in [3.63, 3.8) is 0 Å². The molecular weight excluding hydrogens is 436 g/mol. The second kappa shape index (κ2) is 10.1. The molecule has 2 aromatic rings. The largest absolute Gasteiger partial charge is 0.379 e. The number of hydrogen-bond donors (Lipinski definition) is 1. The Morgan fingerprint density at radius 2 is 1.74 bits per heavy atom. The van der Waals surface area contributed by atoms with Gasteiger partial charge in [-0.2, -0.15) is 4.31 Å². The molecule has 1 unspecified atom stereocenters. The van der Waals surface area contributed by atoms with Crippen LogP contribution in [0.3, 0.4) is 0 Å². The minimum atomic E-state index is -3.72. The van der Waals surface area contributed by atoms with Gasteiger partial charge in [-0.25, -0.2) is 8.42 Å². The first-order chi connectivity index (χ1) is 14.7. The molecule has 8 heteroatoms. The quantitative estimate of drug-likeness (QED) is 0.670. The maximum Gasteiger partial charge on any atom is 0.253 e. The van der Waals surface area contributed by atoms with Crippen molar-refractivity contribution in [2.45, 2.75) is 38.1 Å². The molecule has 3 rings (SSSR count). The third kappa shape index (κ3) is 5.86. The molecule has 1 N–H and O–H groups in total. The Hall–Kier alpha value is -1.93. The van der Waals surface area contributed by atoms with Crippen molar-refractivity contribution >= 4 is 27.5 Å². The first-order valence-electron chi connectivity index (χ1n) is 10.5. The average molecular weight is 465 g/mol. The molecule has 0 aromatic heterocycles. The van der Waals surface area contributed by atoms with Crippen molar-refractivity contribution in [3.05, 3.63) is 64.2 Å². The molecule has 0 bridgehead atoms. The lowest BCUT2D eigenvalue weighted by molar-refractivity contribution is 0.0730. The second-order valence-electron chi connectivity index (χ2n) is 8.19. The fraction of sp³-hybridized carbons (Fsp3) is 0.435. The predicted molar refractivity (Wildman–Crippen MR) is 122 cm³/mol. The molecule has 1 aliphatic rings. The molecule has 1 fully saturated rings. The zero-order chi connectivity index (χ0) is 22.6. The second-order valence-corrected chi connectivity index (χ2v) is 10.5. The topological polar surface area (TPSA) is 75.7 Å². The number of halogens is 1. The number of sulfonamides is 1. The van der Waals surface area contributed by atoms with Crippen LogP contribution in [0.4, 0.5) is 0 Å². The minimum absolute atomic E-state index is 0.0506. The predicted octanol–water partition coefficient (Wildman–Crippen LogP) is 4.05. The van der Waals surface area contributed by atoms with Gasteiger partial charge in [0.2, 0.25) is 10.0 Å². The maximum atomic E-state index is 12.9. The van der Waals surface area contributed by atoms with Gasteiger partial charge in [0.25, 0.3) is 5.91 Å². The van der Waals surface area contributed by atoms with Crippen molar-refractivity contribution in [2.75, 3.05) is 26.3 Å². The number of benzene rings is 2. The summed E-state index contributed by atoms with van der Waals surface area (Å²) in [5.41, 5.74) is 2.36. The third-order valence-electron chi connectivity index (χ3n) is 5.26. The van der Waals surface area contributed by atoms with E-state index in [4.69, 9.17) is 16.3 Å². The third-order valence-corrected chi connectivity index (χ3v) is 7.49. The summed E-state index contributed by atoms with van der Waals surface area (Å²) in [5.74, 6) is 0.161. The number of carbonyl (C=O) groups is 1. The van der Waals surface area contributed by atoms with Crippen molar-refractivity contribution in [2.24, 2.45) is 5.92 Å². The zero-order valence-electron chi connectivity index (χ0n) is 18.1. The lowest BCUT2D eigenvalue weighted by Crippen LogP contribution is -2.40. The van der Waals surface area contributed by atoms with Gasteiger partial charge in [0.05, 0.1) is 34.7 Å². The van der Waals surface area contributed by atoms with Gasteiger partial charge in [-0.1, -0.05) is 49.7 Å². The van der Waals surface area contributed by atoms with Crippen molar-refractivity contribution in [1.29, 1.82) is 0 Å². The molecule has 31 heavy (non-hydrogen) atoms. The van der Waals surface area contributed by atoms with E-state index in [9.17, 15) is 13.2 Å². The first-order valence-corrected chi connectivity index (χ1v) is 12.3. The summed E-state index contributed by atoms with van der Waals surface area (Å²) in [4.78, 5) is 12.9. The van der Waals surface area contributed by atoms with Crippen LogP contribution in [0, 0.1) is 5.92 Å². The van der Waals surface area contributed by atoms with Crippen LogP contribution in [-0.2, 0) is 21.2 Å². The first kappa shape index (κ1) is 23.7. The van der Waals surface area contributed by atoms with Gasteiger partial charge in [0.15, 0.2) is 0 Å². The Kier molecular flexibility index (Phi) is 7.75. The van der Waals surface area contributed by atoms with Gasteiger partial charge in [0.1, 0.15) is 0 Å². The van der Waals surface area contributed by atoms with E-state index in [2.05, 4.69) is 31.3 Å². The number of ether oxygens (including phenoxy) is 1. The fourth-order valence-corrected chi connectivity index (χ4v) is 5.18. The van der Waals surface area contributed by atoms with Crippen molar-refractivity contribution in [3.8, 4) is 0 Å². The van der Waals surface area contributed by atoms with Gasteiger partial charge in [-0.3, -0.25) is 4.79 Å². The highest BCUT2D eigenvalue weighted by Crippen LogP contribution is 2.25. The number of carbonyl (C=O) groups excluding carboxylic acids is 1. The average Bonchev–Trinajstić information content (AvgIpc) is 2.74. The van der Waals surface area contributed by atoms with Gasteiger partial charge in [0, 0.05) is 13.1 Å². The molecule has 6 nitrogen and oxygen atoms in total. The molecular formula is C23H29ClN2O4S. The molecule has 0 saturated carbocycles. The summed E-state index contributed by atoms with van der Waals surface area (Å²) in [6, 6.07) is 12.1. The Bertz CT molecular complexity index is 1020. The SMILES string of the molecule is CC(C)Cc1ccc(C(C)NC(=O)c2cc(S(=O)(=O)N3CCOCC3)ccc2Cl)cc1. The maximum absolute atomic E-state index is 12.9. The van der Waals surface area contributed by atoms with Crippen LogP contribution in [0.5, 0.6) is 0 Å². The van der Waals surface area contributed by atoms with Gasteiger partial charge >= 0.3 is 0 Å². The highest BCUT2D eigenvalue weighted by Gasteiger charge is 2.28. The summed E-state index contributed by atoms with van der Waals surface area (Å²) in [6.45, 7) is 7.52. The highest BCUT2D eigenvalue weighted by atomic mass is 35.5. The van der Waals surface area contributed by atoms with E-state index in [1.54, 1.807) is 0 Å². The Morgan fingerprint density at radius 3 is 2.35 bits per heavy atom. The molecule has 1 amide bonds. The number of amides is 1. The summed E-state index contributed by atoms with van der Waals surface area (Å²) >= 11 is 6.24. The molecule has 0 aliphatic carbocycles. The molecule has 1 heterocycles. The smallest absolute Gasteiger partial charge is 0.253 e. The Morgan fingerprint density at radius 1 is 1.10 bits per heavy atom. The van der Waals surface area contributed by atoms with Gasteiger partial charge in [-0.05, 0) is 48.6 Å². The van der Waals surface area contributed by atoms with E-state index in [0.29, 0.717) is 19.1 Å². The number of rotatable bonds is 7. The van der Waals surface area contributed by atoms with E-state index in [0.717, 1.165) is 12.0 Å². The van der Waals surface area contributed by atoms with Crippen LogP contribution in [0.2, 0.25) is 5.02 Å². The van der Waals surface area contributed by atoms with E-state index in [1.807, 2.05) is 19.1 Å². The van der Waals surface area contributed by atoms with Crippen molar-refractivity contribution in [1.82, 2.24) is 9.62 Å². The van der Waals surface area contributed by atoms with E-state index < -0.39 is 15.9 Å². The number of nitrogens with one attached hydrogen (secondary N) is 1. The standard InChI is InChI=1S/C23H29ClN2O4S/c1-16(2)14-18-4-6-19(7-5-18)17(3)25-23(27)21-15-20(8-9-22(21)24)31(28,29)26-10-12-30-13-11-26/h4-9,15-17H,10-14H2,1-3H3,(H,25,27). The van der Waals surface area contributed by atoms with Crippen LogP contribution in [-0.4, -0.2) is 44.9 Å². The van der Waals surface area contributed by atoms with E-state index >= 15 is 0 Å². The van der Waals surface area contributed by atoms with Gasteiger partial charge < -0.3 is 10.1 Å². The molecule has 168 valence electrons. The highest BCUT2D eigenvalue weighted by molar-refractivity contribution is 7.89. The Labute approximate surface area is 189 Å². The van der Waals surface area contributed by atoms with Crippen LogP contribution in [0.1, 0.15) is 48.3 Å². The molecule has 1 atom stereocenters. The zero-order valence-corrected chi connectivity index (χ0v) is 19.7. The lowest BCUT2D eigenvalue weighted by atomic mass is 10.00. The molecule has 0 spiro atoms. The van der Waals surface area contributed by atoms with E-state index in [1.165, 1.54) is 28.1 Å². The van der Waals surface area contributed by atoms with Crippen LogP contribution in [0.15, 0.2) is 47.4 Å². The molecule has 0 radical (unpaired) electrons. The molecule has 1 aliphatic heterocycles. The summed E-state index contributed by atoms with van der Waals surface area (Å²) < 4.78 is 32.4. The summed E-state index contributed by atoms with van der Waals surface area (Å²) in [5, 5.41) is 3.13. The van der Waals surface area contributed by atoms with E-state index in [-0.39, 0.29) is 34.6 Å². The minimum Gasteiger partial charge on any atom is -0.379 e.